The van der Waals surface area contributed by atoms with E-state index in [-0.39, 0.29) is 6.61 Å². The van der Waals surface area contributed by atoms with Crippen molar-refractivity contribution in [2.45, 2.75) is 0 Å². The Morgan fingerprint density at radius 2 is 1.76 bits per heavy atom. The molecule has 0 fully saturated rings. The Balaban J connectivity index is 2.04. The van der Waals surface area contributed by atoms with Crippen LogP contribution >= 0.6 is 0 Å². The normalized spacial score (nSPS) is 10.8. The van der Waals surface area contributed by atoms with Crippen molar-refractivity contribution in [2.75, 3.05) is 6.61 Å². The zero-order chi connectivity index (χ0) is 15.2. The van der Waals surface area contributed by atoms with E-state index in [1.165, 1.54) is 0 Å². The number of hydrogen-bond donors (Lipinski definition) is 1. The second-order valence-corrected chi connectivity index (χ2v) is 4.20. The molecule has 0 spiro atoms. The topological polar surface area (TPSA) is 46.5 Å². The van der Waals surface area contributed by atoms with Gasteiger partial charge < -0.3 is 9.84 Å². The van der Waals surface area contributed by atoms with Crippen molar-refractivity contribution in [1.29, 1.82) is 0 Å². The molecule has 3 nitrogen and oxygen atoms in total. The molecule has 0 aromatic heterocycles. The number of ether oxygens (including phenoxy) is 1. The second kappa shape index (κ2) is 6.65. The van der Waals surface area contributed by atoms with E-state index in [0.29, 0.717) is 0 Å². The molecular weight excluding hydrogens is 278 g/mol. The van der Waals surface area contributed by atoms with Gasteiger partial charge in [-0.25, -0.2) is 13.6 Å². The van der Waals surface area contributed by atoms with Crippen molar-refractivity contribution in [3.8, 4) is 5.75 Å². The van der Waals surface area contributed by atoms with Crippen molar-refractivity contribution in [1.82, 2.24) is 0 Å². The van der Waals surface area contributed by atoms with Gasteiger partial charge in [0.1, 0.15) is 6.61 Å². The van der Waals surface area contributed by atoms with Crippen LogP contribution in [-0.4, -0.2) is 17.7 Å². The number of rotatable bonds is 5. The third-order valence-electron chi connectivity index (χ3n) is 2.68. The number of aromatic carboxylic acids is 1. The van der Waals surface area contributed by atoms with Crippen molar-refractivity contribution < 1.29 is 23.4 Å². The fourth-order valence-electron chi connectivity index (χ4n) is 1.70. The smallest absolute Gasteiger partial charge is 0.335 e. The minimum atomic E-state index is -1.40. The monoisotopic (exact) mass is 290 g/mol. The molecule has 0 bridgehead atoms. The second-order valence-electron chi connectivity index (χ2n) is 4.20. The largest absolute Gasteiger partial charge is 0.483 e. The summed E-state index contributed by atoms with van der Waals surface area (Å²) in [4.78, 5) is 10.6. The maximum absolute atomic E-state index is 13.6. The number of hydrogen-bond acceptors (Lipinski definition) is 2. The fourth-order valence-corrected chi connectivity index (χ4v) is 1.70. The molecule has 1 N–H and O–H groups in total. The molecule has 0 aliphatic carbocycles. The van der Waals surface area contributed by atoms with Crippen molar-refractivity contribution in [2.24, 2.45) is 0 Å². The first-order valence-corrected chi connectivity index (χ1v) is 6.14. The van der Waals surface area contributed by atoms with Gasteiger partial charge >= 0.3 is 5.97 Å². The molecular formula is C16H12F2O3. The highest BCUT2D eigenvalue weighted by atomic mass is 19.1. The van der Waals surface area contributed by atoms with E-state index in [9.17, 15) is 13.6 Å². The fraction of sp³-hybridized carbons (Fsp3) is 0.0625. The van der Waals surface area contributed by atoms with Crippen molar-refractivity contribution in [3.63, 3.8) is 0 Å². The van der Waals surface area contributed by atoms with Gasteiger partial charge in [0.2, 0.25) is 0 Å². The number of carboxylic acids is 1. The number of halogens is 2. The molecule has 0 unspecified atom stereocenters. The predicted octanol–water partition coefficient (Wildman–Crippen LogP) is 3.76. The summed E-state index contributed by atoms with van der Waals surface area (Å²) in [5.74, 6) is -4.07. The van der Waals surface area contributed by atoms with Crippen LogP contribution in [0.2, 0.25) is 0 Å². The highest BCUT2D eigenvalue weighted by molar-refractivity contribution is 5.87. The number of benzene rings is 2. The summed E-state index contributed by atoms with van der Waals surface area (Å²) in [6.07, 6.45) is 3.36. The van der Waals surface area contributed by atoms with E-state index in [2.05, 4.69) is 0 Å². The summed E-state index contributed by atoms with van der Waals surface area (Å²) in [5.41, 5.74) is 0.473. The lowest BCUT2D eigenvalue weighted by Gasteiger charge is -2.07. The molecule has 0 radical (unpaired) electrons. The third kappa shape index (κ3) is 3.89. The van der Waals surface area contributed by atoms with Crippen LogP contribution in [0.1, 0.15) is 15.9 Å². The molecule has 108 valence electrons. The van der Waals surface area contributed by atoms with E-state index >= 15 is 0 Å². The minimum Gasteiger partial charge on any atom is -0.483 e. The molecule has 0 saturated carbocycles. The summed E-state index contributed by atoms with van der Waals surface area (Å²) in [6, 6.07) is 10.8. The van der Waals surface area contributed by atoms with E-state index in [1.54, 1.807) is 12.2 Å². The van der Waals surface area contributed by atoms with E-state index < -0.39 is 28.9 Å². The van der Waals surface area contributed by atoms with Gasteiger partial charge in [-0.1, -0.05) is 36.4 Å². The van der Waals surface area contributed by atoms with Gasteiger partial charge in [-0.05, 0) is 23.8 Å². The van der Waals surface area contributed by atoms with Gasteiger partial charge in [0.05, 0.1) is 5.56 Å². The van der Waals surface area contributed by atoms with Gasteiger partial charge in [0.25, 0.3) is 0 Å². The lowest BCUT2D eigenvalue weighted by atomic mass is 10.2. The Bertz CT molecular complexity index is 643. The Labute approximate surface area is 120 Å². The summed E-state index contributed by atoms with van der Waals surface area (Å²) >= 11 is 0. The first-order valence-electron chi connectivity index (χ1n) is 6.14. The highest BCUT2D eigenvalue weighted by Gasteiger charge is 2.15. The molecule has 0 saturated heterocycles. The SMILES string of the molecule is O=C(O)c1cc(F)c(OC/C=C/c2ccccc2)c(F)c1. The van der Waals surface area contributed by atoms with Crippen LogP contribution in [-0.2, 0) is 0 Å². The van der Waals surface area contributed by atoms with Crippen molar-refractivity contribution >= 4 is 12.0 Å². The molecule has 2 aromatic carbocycles. The molecule has 0 atom stereocenters. The average Bonchev–Trinajstić information content (AvgIpc) is 2.46. The van der Waals surface area contributed by atoms with Gasteiger partial charge in [0.15, 0.2) is 17.4 Å². The predicted molar refractivity (Wildman–Crippen MR) is 74.3 cm³/mol. The van der Waals surface area contributed by atoms with Gasteiger partial charge in [-0.15, -0.1) is 0 Å². The molecule has 0 amide bonds. The molecule has 2 rings (SSSR count). The third-order valence-corrected chi connectivity index (χ3v) is 2.68. The average molecular weight is 290 g/mol. The quantitative estimate of drug-likeness (QED) is 0.912. The highest BCUT2D eigenvalue weighted by Crippen LogP contribution is 2.23. The van der Waals surface area contributed by atoms with Crippen LogP contribution < -0.4 is 4.74 Å². The molecule has 21 heavy (non-hydrogen) atoms. The number of carbonyl (C=O) groups is 1. The van der Waals surface area contributed by atoms with Crippen LogP contribution in [0.15, 0.2) is 48.5 Å². The lowest BCUT2D eigenvalue weighted by molar-refractivity contribution is 0.0695. The number of carboxylic acid groups (broad SMARTS) is 1. The summed E-state index contributed by atoms with van der Waals surface area (Å²) in [5, 5.41) is 8.68. The van der Waals surface area contributed by atoms with E-state index in [0.717, 1.165) is 17.7 Å². The zero-order valence-electron chi connectivity index (χ0n) is 10.9. The summed E-state index contributed by atoms with van der Waals surface area (Å²) in [6.45, 7) is -0.0326. The maximum atomic E-state index is 13.6. The zero-order valence-corrected chi connectivity index (χ0v) is 10.9. The van der Waals surface area contributed by atoms with Crippen LogP contribution in [0.4, 0.5) is 8.78 Å². The van der Waals surface area contributed by atoms with Crippen LogP contribution in [0, 0.1) is 11.6 Å². The van der Waals surface area contributed by atoms with Gasteiger partial charge in [-0.3, -0.25) is 0 Å². The van der Waals surface area contributed by atoms with Crippen LogP contribution in [0.5, 0.6) is 5.75 Å². The molecule has 5 heteroatoms. The Kier molecular flexibility index (Phi) is 4.66. The summed E-state index contributed by atoms with van der Waals surface area (Å²) in [7, 11) is 0. The van der Waals surface area contributed by atoms with E-state index in [1.807, 2.05) is 30.3 Å². The summed E-state index contributed by atoms with van der Waals surface area (Å²) < 4.78 is 32.1. The van der Waals surface area contributed by atoms with Crippen molar-refractivity contribution in [3.05, 3.63) is 71.3 Å². The Hall–Kier alpha value is -2.69. The Morgan fingerprint density at radius 1 is 1.14 bits per heavy atom. The van der Waals surface area contributed by atoms with Gasteiger partial charge in [0, 0.05) is 0 Å². The molecule has 0 aliphatic heterocycles. The van der Waals surface area contributed by atoms with E-state index in [4.69, 9.17) is 9.84 Å². The van der Waals surface area contributed by atoms with Gasteiger partial charge in [-0.2, -0.15) is 0 Å². The first-order chi connectivity index (χ1) is 10.1. The Morgan fingerprint density at radius 3 is 2.33 bits per heavy atom. The van der Waals surface area contributed by atoms with Crippen LogP contribution in [0.25, 0.3) is 6.08 Å². The molecule has 0 aliphatic rings. The van der Waals surface area contributed by atoms with Crippen LogP contribution in [0.3, 0.4) is 0 Å². The first kappa shape index (κ1) is 14.7. The maximum Gasteiger partial charge on any atom is 0.335 e. The molecule has 0 heterocycles. The minimum absolute atomic E-state index is 0.0326. The lowest BCUT2D eigenvalue weighted by Crippen LogP contribution is -2.03. The standard InChI is InChI=1S/C16H12F2O3/c17-13-9-12(16(19)20)10-14(18)15(13)21-8-4-7-11-5-2-1-3-6-11/h1-7,9-10H,8H2,(H,19,20)/b7-4+. The molecule has 2 aromatic rings.